The molecule has 26 heavy (non-hydrogen) atoms. The first kappa shape index (κ1) is 16.4. The normalized spacial score (nSPS) is 17.9. The summed E-state index contributed by atoms with van der Waals surface area (Å²) in [6, 6.07) is 13.6. The molecular weight excluding hydrogens is 328 g/mol. The van der Waals surface area contributed by atoms with Crippen molar-refractivity contribution in [1.82, 2.24) is 10.6 Å². The summed E-state index contributed by atoms with van der Waals surface area (Å²) in [5, 5.41) is 5.52. The summed E-state index contributed by atoms with van der Waals surface area (Å²) in [4.78, 5) is 24.4. The van der Waals surface area contributed by atoms with Crippen LogP contribution < -0.4 is 10.6 Å². The van der Waals surface area contributed by atoms with Crippen LogP contribution in [-0.2, 0) is 16.0 Å². The van der Waals surface area contributed by atoms with Crippen molar-refractivity contribution in [2.45, 2.75) is 26.3 Å². The molecule has 0 bridgehead atoms. The summed E-state index contributed by atoms with van der Waals surface area (Å²) >= 11 is 0. The fraction of sp³-hybridized carbons (Fsp3) is 0.238. The first-order valence-electron chi connectivity index (χ1n) is 8.75. The second-order valence-corrected chi connectivity index (χ2v) is 6.54. The maximum atomic E-state index is 12.4. The van der Waals surface area contributed by atoms with E-state index in [0.717, 1.165) is 12.0 Å². The van der Waals surface area contributed by atoms with E-state index in [2.05, 4.69) is 34.9 Å². The minimum atomic E-state index is -0.517. The molecule has 1 heterocycles. The van der Waals surface area contributed by atoms with Crippen LogP contribution in [0.1, 0.15) is 36.6 Å². The first-order chi connectivity index (χ1) is 12.6. The molecule has 0 spiro atoms. The maximum Gasteiger partial charge on any atom is 0.338 e. The van der Waals surface area contributed by atoms with Gasteiger partial charge in [0.15, 0.2) is 0 Å². The van der Waals surface area contributed by atoms with Crippen LogP contribution in [0.15, 0.2) is 53.7 Å². The molecule has 2 aliphatic rings. The van der Waals surface area contributed by atoms with Gasteiger partial charge in [0.1, 0.15) is 0 Å². The Hall–Kier alpha value is -3.08. The van der Waals surface area contributed by atoms with Crippen LogP contribution in [0.4, 0.5) is 4.79 Å². The Balaban J connectivity index is 1.75. The molecule has 0 radical (unpaired) electrons. The van der Waals surface area contributed by atoms with E-state index in [1.165, 1.54) is 22.3 Å². The van der Waals surface area contributed by atoms with Crippen molar-refractivity contribution in [3.05, 3.63) is 70.4 Å². The largest absolute Gasteiger partial charge is 0.463 e. The molecule has 0 saturated carbocycles. The van der Waals surface area contributed by atoms with Gasteiger partial charge in [-0.1, -0.05) is 42.5 Å². The minimum absolute atomic E-state index is 0.287. The molecule has 5 heteroatoms. The number of esters is 1. The molecule has 132 valence electrons. The van der Waals surface area contributed by atoms with E-state index < -0.39 is 12.0 Å². The minimum Gasteiger partial charge on any atom is -0.463 e. The van der Waals surface area contributed by atoms with Crippen LogP contribution in [-0.4, -0.2) is 18.6 Å². The number of hydrogen-bond acceptors (Lipinski definition) is 3. The average Bonchev–Trinajstić information content (AvgIpc) is 2.98. The Morgan fingerprint density at radius 3 is 2.73 bits per heavy atom. The lowest BCUT2D eigenvalue weighted by molar-refractivity contribution is -0.139. The SMILES string of the molecule is CCOC(=O)C1=C(C)NC(=O)NC1c1ccc2c(c1)Cc1ccccc1-2. The Morgan fingerprint density at radius 1 is 1.15 bits per heavy atom. The zero-order chi connectivity index (χ0) is 18.3. The number of hydrogen-bond donors (Lipinski definition) is 2. The molecule has 5 nitrogen and oxygen atoms in total. The van der Waals surface area contributed by atoms with Gasteiger partial charge in [0.05, 0.1) is 18.2 Å². The molecule has 1 aliphatic heterocycles. The van der Waals surface area contributed by atoms with Crippen molar-refractivity contribution in [1.29, 1.82) is 0 Å². The summed E-state index contributed by atoms with van der Waals surface area (Å²) < 4.78 is 5.19. The lowest BCUT2D eigenvalue weighted by atomic mass is 9.93. The van der Waals surface area contributed by atoms with Gasteiger partial charge < -0.3 is 15.4 Å². The maximum absolute atomic E-state index is 12.4. The smallest absolute Gasteiger partial charge is 0.338 e. The number of fused-ring (bicyclic) bond motifs is 3. The third-order valence-electron chi connectivity index (χ3n) is 4.92. The van der Waals surface area contributed by atoms with Gasteiger partial charge in [-0.2, -0.15) is 0 Å². The number of urea groups is 1. The van der Waals surface area contributed by atoms with E-state index in [1.807, 2.05) is 18.2 Å². The van der Waals surface area contributed by atoms with Gasteiger partial charge in [-0.3, -0.25) is 0 Å². The lowest BCUT2D eigenvalue weighted by Gasteiger charge is -2.28. The topological polar surface area (TPSA) is 67.4 Å². The molecule has 1 atom stereocenters. The Morgan fingerprint density at radius 2 is 1.92 bits per heavy atom. The van der Waals surface area contributed by atoms with Crippen molar-refractivity contribution in [3.8, 4) is 11.1 Å². The van der Waals surface area contributed by atoms with Gasteiger partial charge in [-0.25, -0.2) is 9.59 Å². The molecule has 1 aliphatic carbocycles. The summed E-state index contributed by atoms with van der Waals surface area (Å²) in [6.45, 7) is 3.78. The van der Waals surface area contributed by atoms with Crippen LogP contribution in [0.3, 0.4) is 0 Å². The Labute approximate surface area is 152 Å². The fourth-order valence-corrected chi connectivity index (χ4v) is 3.77. The molecule has 2 aromatic carbocycles. The number of allylic oxidation sites excluding steroid dienone is 1. The van der Waals surface area contributed by atoms with E-state index in [0.29, 0.717) is 11.3 Å². The fourth-order valence-electron chi connectivity index (χ4n) is 3.77. The highest BCUT2D eigenvalue weighted by Gasteiger charge is 2.32. The molecule has 2 amide bonds. The second kappa shape index (κ2) is 6.33. The molecule has 0 fully saturated rings. The van der Waals surface area contributed by atoms with E-state index in [1.54, 1.807) is 13.8 Å². The number of amides is 2. The van der Waals surface area contributed by atoms with E-state index in [4.69, 9.17) is 4.74 Å². The number of benzene rings is 2. The van der Waals surface area contributed by atoms with Crippen molar-refractivity contribution < 1.29 is 14.3 Å². The lowest BCUT2D eigenvalue weighted by Crippen LogP contribution is -2.45. The van der Waals surface area contributed by atoms with Crippen molar-refractivity contribution in [2.75, 3.05) is 6.61 Å². The molecule has 0 saturated heterocycles. The quantitative estimate of drug-likeness (QED) is 0.713. The number of rotatable bonds is 3. The van der Waals surface area contributed by atoms with Gasteiger partial charge in [0, 0.05) is 5.70 Å². The highest BCUT2D eigenvalue weighted by Crippen LogP contribution is 2.38. The van der Waals surface area contributed by atoms with Crippen LogP contribution >= 0.6 is 0 Å². The summed E-state index contributed by atoms with van der Waals surface area (Å²) in [7, 11) is 0. The summed E-state index contributed by atoms with van der Waals surface area (Å²) in [6.07, 6.45) is 0.857. The number of carbonyl (C=O) groups is 2. The zero-order valence-corrected chi connectivity index (χ0v) is 14.8. The summed E-state index contributed by atoms with van der Waals surface area (Å²) in [5.74, 6) is -0.411. The van der Waals surface area contributed by atoms with Crippen molar-refractivity contribution in [2.24, 2.45) is 0 Å². The van der Waals surface area contributed by atoms with Gasteiger partial charge in [-0.05, 0) is 48.1 Å². The standard InChI is InChI=1S/C21H20N2O3/c1-3-26-20(24)18-12(2)22-21(25)23-19(18)14-8-9-17-15(11-14)10-13-6-4-5-7-16(13)17/h4-9,11,19H,3,10H2,1-2H3,(H2,22,23,25). The molecule has 4 rings (SSSR count). The van der Waals surface area contributed by atoms with Crippen molar-refractivity contribution in [3.63, 3.8) is 0 Å². The van der Waals surface area contributed by atoms with Crippen LogP contribution in [0.2, 0.25) is 0 Å². The summed E-state index contributed by atoms with van der Waals surface area (Å²) in [5.41, 5.74) is 6.82. The van der Waals surface area contributed by atoms with E-state index >= 15 is 0 Å². The molecule has 2 aromatic rings. The number of carbonyl (C=O) groups excluding carboxylic acids is 2. The molecular formula is C21H20N2O3. The van der Waals surface area contributed by atoms with Gasteiger partial charge in [0.25, 0.3) is 0 Å². The predicted molar refractivity (Wildman–Crippen MR) is 98.4 cm³/mol. The second-order valence-electron chi connectivity index (χ2n) is 6.54. The molecule has 1 unspecified atom stereocenters. The zero-order valence-electron chi connectivity index (χ0n) is 14.8. The first-order valence-corrected chi connectivity index (χ1v) is 8.75. The van der Waals surface area contributed by atoms with Gasteiger partial charge >= 0.3 is 12.0 Å². The molecule has 0 aromatic heterocycles. The van der Waals surface area contributed by atoms with Gasteiger partial charge in [0.2, 0.25) is 0 Å². The third-order valence-corrected chi connectivity index (χ3v) is 4.92. The predicted octanol–water partition coefficient (Wildman–Crippen LogP) is 3.45. The average molecular weight is 348 g/mol. The highest BCUT2D eigenvalue weighted by atomic mass is 16.5. The van der Waals surface area contributed by atoms with E-state index in [9.17, 15) is 9.59 Å². The molecule has 2 N–H and O–H groups in total. The van der Waals surface area contributed by atoms with Crippen molar-refractivity contribution >= 4 is 12.0 Å². The van der Waals surface area contributed by atoms with Gasteiger partial charge in [-0.15, -0.1) is 0 Å². The third kappa shape index (κ3) is 2.65. The number of ether oxygens (including phenoxy) is 1. The Kier molecular flexibility index (Phi) is 3.99. The monoisotopic (exact) mass is 348 g/mol. The highest BCUT2D eigenvalue weighted by molar-refractivity contribution is 5.95. The Bertz CT molecular complexity index is 946. The van der Waals surface area contributed by atoms with Crippen LogP contribution in [0, 0.1) is 0 Å². The van der Waals surface area contributed by atoms with E-state index in [-0.39, 0.29) is 12.6 Å². The van der Waals surface area contributed by atoms with Crippen LogP contribution in [0.5, 0.6) is 0 Å². The number of nitrogens with one attached hydrogen (secondary N) is 2. The van der Waals surface area contributed by atoms with Crippen LogP contribution in [0.25, 0.3) is 11.1 Å².